The summed E-state index contributed by atoms with van der Waals surface area (Å²) >= 11 is 6.07. The van der Waals surface area contributed by atoms with Gasteiger partial charge < -0.3 is 21.5 Å². The Morgan fingerprint density at radius 3 is 1.53 bits per heavy atom. The zero-order valence-electron chi connectivity index (χ0n) is 13.4. The second-order valence-corrected chi connectivity index (χ2v) is 6.07. The van der Waals surface area contributed by atoms with Crippen LogP contribution in [0, 0.1) is 0 Å². The third-order valence-electron chi connectivity index (χ3n) is 4.02. The quantitative estimate of drug-likeness (QED) is 0.270. The third kappa shape index (κ3) is 11.1. The summed E-state index contributed by atoms with van der Waals surface area (Å²) in [4.78, 5) is 0. The molecule has 0 atom stereocenters. The van der Waals surface area contributed by atoms with E-state index in [2.05, 4.69) is 20.8 Å². The first-order chi connectivity index (χ1) is 8.74. The van der Waals surface area contributed by atoms with Crippen LogP contribution in [0.25, 0.3) is 0 Å². The Kier molecular flexibility index (Phi) is 17.5. The van der Waals surface area contributed by atoms with Crippen LogP contribution in [0.15, 0.2) is 0 Å². The molecule has 19 heavy (non-hydrogen) atoms. The van der Waals surface area contributed by atoms with Gasteiger partial charge in [-0.15, -0.1) is 11.6 Å². The molecule has 0 saturated carbocycles. The van der Waals surface area contributed by atoms with E-state index in [1.165, 1.54) is 82.0 Å². The lowest BCUT2D eigenvalue weighted by molar-refractivity contribution is -0.926. The summed E-state index contributed by atoms with van der Waals surface area (Å²) in [5.74, 6) is 0.821. The maximum atomic E-state index is 6.07. The van der Waals surface area contributed by atoms with Crippen LogP contribution in [0.2, 0.25) is 0 Å². The minimum atomic E-state index is 0. The number of unbranched alkanes of at least 4 members (excludes halogenated alkanes) is 5. The molecule has 0 aromatic rings. The molecule has 0 aromatic carbocycles. The average Bonchev–Trinajstić information content (AvgIpc) is 2.39. The minimum absolute atomic E-state index is 0. The zero-order valence-corrected chi connectivity index (χ0v) is 15.7. The van der Waals surface area contributed by atoms with Gasteiger partial charge in [-0.05, 0) is 25.7 Å². The number of hydrogen-bond acceptors (Lipinski definition) is 0. The molecule has 0 aromatic heterocycles. The van der Waals surface area contributed by atoms with Crippen LogP contribution in [-0.4, -0.2) is 36.5 Å². The van der Waals surface area contributed by atoms with Crippen LogP contribution in [0.1, 0.15) is 72.1 Å². The van der Waals surface area contributed by atoms with Gasteiger partial charge in [-0.2, -0.15) is 0 Å². The Morgan fingerprint density at radius 2 is 1.11 bits per heavy atom. The van der Waals surface area contributed by atoms with Gasteiger partial charge in [0.05, 0.1) is 32.1 Å². The second kappa shape index (κ2) is 15.1. The zero-order chi connectivity index (χ0) is 13.7. The van der Waals surface area contributed by atoms with E-state index in [4.69, 9.17) is 11.6 Å². The van der Waals surface area contributed by atoms with E-state index in [1.54, 1.807) is 0 Å². The molecule has 0 aliphatic rings. The van der Waals surface area contributed by atoms with E-state index in [-0.39, 0.29) is 17.0 Å². The summed E-state index contributed by atoms with van der Waals surface area (Å²) in [5.41, 5.74) is 0. The summed E-state index contributed by atoms with van der Waals surface area (Å²) in [6.45, 7) is 12.1. The molecule has 0 amide bonds. The fourth-order valence-electron chi connectivity index (χ4n) is 2.71. The Balaban J connectivity index is 0. The molecule has 0 N–H and O–H groups in total. The van der Waals surface area contributed by atoms with Crippen molar-refractivity contribution in [2.24, 2.45) is 0 Å². The van der Waals surface area contributed by atoms with Crippen molar-refractivity contribution in [1.82, 2.24) is 0 Å². The van der Waals surface area contributed by atoms with Crippen LogP contribution in [0.5, 0.6) is 0 Å². The maximum Gasteiger partial charge on any atom is 0.0924 e. The lowest BCUT2D eigenvalue weighted by Gasteiger charge is -2.39. The van der Waals surface area contributed by atoms with Gasteiger partial charge in [0.25, 0.3) is 0 Å². The molecule has 0 aliphatic heterocycles. The molecule has 0 fully saturated rings. The van der Waals surface area contributed by atoms with Crippen molar-refractivity contribution in [3.63, 3.8) is 0 Å². The first-order valence-corrected chi connectivity index (χ1v) is 8.69. The van der Waals surface area contributed by atoms with Crippen molar-refractivity contribution in [2.45, 2.75) is 72.1 Å². The summed E-state index contributed by atoms with van der Waals surface area (Å²) in [6, 6.07) is 0. The largest absolute Gasteiger partial charge is 1.00 e. The highest BCUT2D eigenvalue weighted by molar-refractivity contribution is 6.17. The van der Waals surface area contributed by atoms with E-state index in [0.29, 0.717) is 0 Å². The van der Waals surface area contributed by atoms with Gasteiger partial charge in [-0.25, -0.2) is 0 Å². The fourth-order valence-corrected chi connectivity index (χ4v) is 3.07. The highest BCUT2D eigenvalue weighted by Crippen LogP contribution is 2.16. The highest BCUT2D eigenvalue weighted by atomic mass is 79.9. The number of hydrogen-bond donors (Lipinski definition) is 0. The van der Waals surface area contributed by atoms with Gasteiger partial charge in [-0.3, -0.25) is 0 Å². The smallest absolute Gasteiger partial charge is 0.0924 e. The van der Waals surface area contributed by atoms with Crippen molar-refractivity contribution in [2.75, 3.05) is 32.1 Å². The predicted octanol–water partition coefficient (Wildman–Crippen LogP) is 2.23. The van der Waals surface area contributed by atoms with Crippen molar-refractivity contribution < 1.29 is 21.5 Å². The number of rotatable bonds is 13. The van der Waals surface area contributed by atoms with Gasteiger partial charge in [0, 0.05) is 0 Å². The first kappa shape index (κ1) is 22.0. The second-order valence-electron chi connectivity index (χ2n) is 5.69. The fraction of sp³-hybridized carbons (Fsp3) is 1.00. The topological polar surface area (TPSA) is 0 Å². The van der Waals surface area contributed by atoms with E-state index in [1.807, 2.05) is 0 Å². The van der Waals surface area contributed by atoms with Crippen LogP contribution in [-0.2, 0) is 0 Å². The van der Waals surface area contributed by atoms with Gasteiger partial charge in [-0.1, -0.05) is 46.5 Å². The van der Waals surface area contributed by atoms with Crippen molar-refractivity contribution in [3.8, 4) is 0 Å². The van der Waals surface area contributed by atoms with Crippen molar-refractivity contribution in [1.29, 1.82) is 0 Å². The molecule has 0 radical (unpaired) electrons. The highest BCUT2D eigenvalue weighted by Gasteiger charge is 2.24. The predicted molar refractivity (Wildman–Crippen MR) is 84.4 cm³/mol. The first-order valence-electron chi connectivity index (χ1n) is 8.15. The molecule has 0 aliphatic carbocycles. The average molecular weight is 357 g/mol. The number of alkyl halides is 1. The monoisotopic (exact) mass is 355 g/mol. The number of halogens is 2. The Hall–Kier alpha value is 0.730. The normalized spacial score (nSPS) is 11.4. The summed E-state index contributed by atoms with van der Waals surface area (Å²) in [6.07, 6.45) is 10.8. The lowest BCUT2D eigenvalue weighted by Crippen LogP contribution is -3.00. The van der Waals surface area contributed by atoms with Crippen molar-refractivity contribution in [3.05, 3.63) is 0 Å². The Bertz CT molecular complexity index is 168. The van der Waals surface area contributed by atoms with E-state index in [9.17, 15) is 0 Å². The summed E-state index contributed by atoms with van der Waals surface area (Å²) < 4.78 is 1.29. The molecule has 0 heterocycles. The maximum absolute atomic E-state index is 6.07. The summed E-state index contributed by atoms with van der Waals surface area (Å²) in [5, 5.41) is 0. The van der Waals surface area contributed by atoms with Crippen LogP contribution < -0.4 is 17.0 Å². The van der Waals surface area contributed by atoms with Gasteiger partial charge >= 0.3 is 0 Å². The molecule has 0 bridgehead atoms. The molecule has 0 saturated heterocycles. The van der Waals surface area contributed by atoms with Crippen LogP contribution >= 0.6 is 11.6 Å². The molecule has 3 heteroatoms. The lowest BCUT2D eigenvalue weighted by atomic mass is 10.1. The molecule has 1 nitrogen and oxygen atoms in total. The number of quaternary nitrogens is 1. The van der Waals surface area contributed by atoms with Gasteiger partial charge in [0.1, 0.15) is 0 Å². The minimum Gasteiger partial charge on any atom is -1.00 e. The van der Waals surface area contributed by atoms with Crippen LogP contribution in [0.3, 0.4) is 0 Å². The summed E-state index contributed by atoms with van der Waals surface area (Å²) in [7, 11) is 0. The molecule has 118 valence electrons. The Morgan fingerprint density at radius 1 is 0.632 bits per heavy atom. The van der Waals surface area contributed by atoms with Gasteiger partial charge in [0.2, 0.25) is 0 Å². The molecular weight excluding hydrogens is 322 g/mol. The van der Waals surface area contributed by atoms with E-state index in [0.717, 1.165) is 5.88 Å². The molecular formula is C16H35BrClN. The van der Waals surface area contributed by atoms with Gasteiger partial charge in [0.15, 0.2) is 0 Å². The SMILES string of the molecule is CCCCCC[N+](CCCl)(CCCC)CCCC.[Br-]. The van der Waals surface area contributed by atoms with E-state index >= 15 is 0 Å². The molecule has 0 unspecified atom stereocenters. The van der Waals surface area contributed by atoms with Crippen molar-refractivity contribution >= 4 is 11.6 Å². The molecule has 0 rings (SSSR count). The Labute approximate surface area is 137 Å². The third-order valence-corrected chi connectivity index (χ3v) is 4.19. The standard InChI is InChI=1S/C16H35ClN.BrH/c1-4-7-10-11-15-18(16-12-17,13-8-5-2)14-9-6-3;/h4-16H2,1-3H3;1H/q+1;/p-1. The number of nitrogens with zero attached hydrogens (tertiary/aromatic N) is 1. The van der Waals surface area contributed by atoms with E-state index < -0.39 is 0 Å². The van der Waals surface area contributed by atoms with Crippen LogP contribution in [0.4, 0.5) is 0 Å². The molecule has 0 spiro atoms.